The minimum Gasteiger partial charge on any atom is -0.497 e. The molecule has 0 aliphatic heterocycles. The number of methoxy groups -OCH3 is 1. The van der Waals surface area contributed by atoms with E-state index in [-0.39, 0.29) is 11.5 Å². The summed E-state index contributed by atoms with van der Waals surface area (Å²) in [6.45, 7) is 3.51. The normalized spacial score (nSPS) is 10.5. The molecule has 0 atom stereocenters. The van der Waals surface area contributed by atoms with Crippen LogP contribution < -0.4 is 15.0 Å². The topological polar surface area (TPSA) is 78.9 Å². The summed E-state index contributed by atoms with van der Waals surface area (Å²) in [5.74, 6) is -0.677. The van der Waals surface area contributed by atoms with Crippen LogP contribution in [0, 0.1) is 0 Å². The Labute approximate surface area is 186 Å². The number of thiophene rings is 1. The molecule has 3 rings (SSSR count). The first-order valence-corrected chi connectivity index (χ1v) is 11.0. The summed E-state index contributed by atoms with van der Waals surface area (Å²) in [4.78, 5) is 27.9. The molecule has 0 saturated heterocycles. The number of carboxylic acid groups (broad SMARTS) is 1. The van der Waals surface area contributed by atoms with Crippen LogP contribution in [-0.2, 0) is 6.54 Å². The first kappa shape index (κ1) is 22.4. The van der Waals surface area contributed by atoms with Crippen molar-refractivity contribution in [1.82, 2.24) is 0 Å². The van der Waals surface area contributed by atoms with E-state index in [1.54, 1.807) is 54.8 Å². The number of amides is 1. The molecular weight excluding hydrogens is 412 g/mol. The van der Waals surface area contributed by atoms with Gasteiger partial charge in [0.05, 0.1) is 24.9 Å². The Morgan fingerprint density at radius 2 is 1.90 bits per heavy atom. The van der Waals surface area contributed by atoms with Crippen molar-refractivity contribution < 1.29 is 19.4 Å². The van der Waals surface area contributed by atoms with Gasteiger partial charge in [0.15, 0.2) is 0 Å². The molecule has 2 aromatic carbocycles. The summed E-state index contributed by atoms with van der Waals surface area (Å²) < 4.78 is 5.11. The molecule has 0 aliphatic carbocycles. The average molecular weight is 439 g/mol. The standard InChI is InChI=1S/C24H26N2O4S/c1-3-4-13-26(16-20-6-5-14-31-20)22-12-9-18(15-21(22)24(28)29)25-23(27)17-7-10-19(30-2)11-8-17/h5-12,14-15H,3-4,13,16H2,1-2H3,(H,25,27)(H,28,29). The molecule has 0 aliphatic rings. The molecule has 1 heterocycles. The Hall–Kier alpha value is -3.32. The van der Waals surface area contributed by atoms with Crippen LogP contribution in [0.1, 0.15) is 45.4 Å². The van der Waals surface area contributed by atoms with Gasteiger partial charge in [-0.3, -0.25) is 4.79 Å². The van der Waals surface area contributed by atoms with Crippen molar-refractivity contribution >= 4 is 34.6 Å². The van der Waals surface area contributed by atoms with Crippen molar-refractivity contribution in [2.75, 3.05) is 23.9 Å². The van der Waals surface area contributed by atoms with Crippen molar-refractivity contribution in [2.24, 2.45) is 0 Å². The number of unbranched alkanes of at least 4 members (excludes halogenated alkanes) is 1. The number of aromatic carboxylic acids is 1. The molecule has 0 spiro atoms. The third-order valence-corrected chi connectivity index (χ3v) is 5.75. The molecular formula is C24H26N2O4S. The minimum atomic E-state index is -1.02. The lowest BCUT2D eigenvalue weighted by Gasteiger charge is -2.26. The molecule has 1 aromatic heterocycles. The van der Waals surface area contributed by atoms with E-state index >= 15 is 0 Å². The number of carbonyl (C=O) groups is 2. The summed E-state index contributed by atoms with van der Waals surface area (Å²) in [7, 11) is 1.56. The van der Waals surface area contributed by atoms with Gasteiger partial charge in [-0.05, 0) is 60.3 Å². The lowest BCUT2D eigenvalue weighted by molar-refractivity contribution is 0.0697. The molecule has 1 amide bonds. The highest BCUT2D eigenvalue weighted by Gasteiger charge is 2.18. The van der Waals surface area contributed by atoms with Crippen LogP contribution in [0.25, 0.3) is 0 Å². The van der Waals surface area contributed by atoms with Crippen molar-refractivity contribution in [2.45, 2.75) is 26.3 Å². The number of hydrogen-bond donors (Lipinski definition) is 2. The summed E-state index contributed by atoms with van der Waals surface area (Å²) in [6.07, 6.45) is 1.97. The molecule has 3 aromatic rings. The van der Waals surface area contributed by atoms with E-state index in [0.29, 0.717) is 29.2 Å². The van der Waals surface area contributed by atoms with Crippen molar-refractivity contribution in [3.8, 4) is 5.75 Å². The first-order chi connectivity index (χ1) is 15.0. The van der Waals surface area contributed by atoms with Gasteiger partial charge < -0.3 is 20.1 Å². The molecule has 2 N–H and O–H groups in total. The molecule has 7 heteroatoms. The second-order valence-corrected chi connectivity index (χ2v) is 8.11. The Balaban J connectivity index is 1.84. The number of benzene rings is 2. The van der Waals surface area contributed by atoms with Gasteiger partial charge in [0, 0.05) is 22.7 Å². The predicted octanol–water partition coefficient (Wildman–Crippen LogP) is 5.51. The molecule has 0 fully saturated rings. The second-order valence-electron chi connectivity index (χ2n) is 7.07. The maximum Gasteiger partial charge on any atom is 0.337 e. The molecule has 162 valence electrons. The van der Waals surface area contributed by atoms with Gasteiger partial charge in [-0.25, -0.2) is 4.79 Å². The van der Waals surface area contributed by atoms with Crippen LogP contribution in [0.3, 0.4) is 0 Å². The molecule has 0 unspecified atom stereocenters. The second kappa shape index (κ2) is 10.6. The minimum absolute atomic E-state index is 0.167. The summed E-state index contributed by atoms with van der Waals surface area (Å²) in [6, 6.07) is 15.8. The van der Waals surface area contributed by atoms with E-state index in [2.05, 4.69) is 17.1 Å². The number of carboxylic acids is 1. The maximum atomic E-state index is 12.6. The molecule has 6 nitrogen and oxygen atoms in total. The first-order valence-electron chi connectivity index (χ1n) is 10.1. The Kier molecular flexibility index (Phi) is 7.67. The highest BCUT2D eigenvalue weighted by molar-refractivity contribution is 7.09. The highest BCUT2D eigenvalue weighted by atomic mass is 32.1. The Bertz CT molecular complexity index is 1020. The van der Waals surface area contributed by atoms with Crippen LogP contribution in [0.2, 0.25) is 0 Å². The van der Waals surface area contributed by atoms with Crippen LogP contribution in [0.15, 0.2) is 60.0 Å². The van der Waals surface area contributed by atoms with Gasteiger partial charge in [-0.2, -0.15) is 0 Å². The quantitative estimate of drug-likeness (QED) is 0.436. The number of carbonyl (C=O) groups excluding carboxylic acids is 1. The van der Waals surface area contributed by atoms with E-state index in [9.17, 15) is 14.7 Å². The number of anilines is 2. The average Bonchev–Trinajstić information content (AvgIpc) is 3.30. The Morgan fingerprint density at radius 1 is 1.13 bits per heavy atom. The van der Waals surface area contributed by atoms with Crippen molar-refractivity contribution in [3.63, 3.8) is 0 Å². The van der Waals surface area contributed by atoms with Gasteiger partial charge in [0.25, 0.3) is 5.91 Å². The van der Waals surface area contributed by atoms with Crippen LogP contribution in [0.5, 0.6) is 5.75 Å². The number of nitrogens with zero attached hydrogens (tertiary/aromatic N) is 1. The van der Waals surface area contributed by atoms with Crippen LogP contribution in [-0.4, -0.2) is 30.6 Å². The van der Waals surface area contributed by atoms with Gasteiger partial charge in [0.1, 0.15) is 5.75 Å². The van der Waals surface area contributed by atoms with Crippen molar-refractivity contribution in [3.05, 3.63) is 76.0 Å². The summed E-state index contributed by atoms with van der Waals surface area (Å²) in [5.41, 5.74) is 1.72. The predicted molar refractivity (Wildman–Crippen MR) is 125 cm³/mol. The number of rotatable bonds is 10. The molecule has 31 heavy (non-hydrogen) atoms. The fraction of sp³-hybridized carbons (Fsp3) is 0.250. The van der Waals surface area contributed by atoms with Crippen molar-refractivity contribution in [1.29, 1.82) is 0 Å². The van der Waals surface area contributed by atoms with Crippen LogP contribution >= 0.6 is 11.3 Å². The number of nitrogens with one attached hydrogen (secondary N) is 1. The zero-order valence-electron chi connectivity index (χ0n) is 17.6. The smallest absolute Gasteiger partial charge is 0.337 e. The van der Waals surface area contributed by atoms with Crippen LogP contribution in [0.4, 0.5) is 11.4 Å². The van der Waals surface area contributed by atoms with Gasteiger partial charge in [-0.15, -0.1) is 11.3 Å². The maximum absolute atomic E-state index is 12.6. The van der Waals surface area contributed by atoms with Gasteiger partial charge >= 0.3 is 5.97 Å². The molecule has 0 saturated carbocycles. The monoisotopic (exact) mass is 438 g/mol. The third-order valence-electron chi connectivity index (χ3n) is 4.89. The fourth-order valence-electron chi connectivity index (χ4n) is 3.23. The highest BCUT2D eigenvalue weighted by Crippen LogP contribution is 2.28. The van der Waals surface area contributed by atoms with E-state index in [1.165, 1.54) is 10.9 Å². The zero-order chi connectivity index (χ0) is 22.2. The van der Waals surface area contributed by atoms with E-state index < -0.39 is 5.97 Å². The lowest BCUT2D eigenvalue weighted by atomic mass is 10.1. The van der Waals surface area contributed by atoms with Gasteiger partial charge in [-0.1, -0.05) is 19.4 Å². The molecule has 0 radical (unpaired) electrons. The van der Waals surface area contributed by atoms with E-state index in [0.717, 1.165) is 19.4 Å². The Morgan fingerprint density at radius 3 is 2.52 bits per heavy atom. The summed E-state index contributed by atoms with van der Waals surface area (Å²) >= 11 is 1.65. The SMILES string of the molecule is CCCCN(Cc1cccs1)c1ccc(NC(=O)c2ccc(OC)cc2)cc1C(=O)O. The molecule has 0 bridgehead atoms. The number of ether oxygens (including phenoxy) is 1. The van der Waals surface area contributed by atoms with E-state index in [4.69, 9.17) is 4.74 Å². The van der Waals surface area contributed by atoms with Gasteiger partial charge in [0.2, 0.25) is 0 Å². The number of hydrogen-bond acceptors (Lipinski definition) is 5. The zero-order valence-corrected chi connectivity index (χ0v) is 18.4. The fourth-order valence-corrected chi connectivity index (χ4v) is 3.95. The lowest BCUT2D eigenvalue weighted by Crippen LogP contribution is -2.25. The largest absolute Gasteiger partial charge is 0.497 e. The summed E-state index contributed by atoms with van der Waals surface area (Å²) in [5, 5.41) is 14.7. The third kappa shape index (κ3) is 5.86. The van der Waals surface area contributed by atoms with E-state index in [1.807, 2.05) is 17.5 Å².